The average Bonchev–Trinajstić information content (AvgIpc) is 2.88. The van der Waals surface area contributed by atoms with Crippen LogP contribution in [0.5, 0.6) is 11.5 Å². The molecule has 0 radical (unpaired) electrons. The predicted molar refractivity (Wildman–Crippen MR) is 65.8 cm³/mol. The minimum Gasteiger partial charge on any atom is -0.454 e. The van der Waals surface area contributed by atoms with Crippen molar-refractivity contribution < 1.29 is 22.6 Å². The molecular formula is C13H15F3N2O2. The van der Waals surface area contributed by atoms with Crippen LogP contribution in [0.1, 0.15) is 11.6 Å². The van der Waals surface area contributed by atoms with Crippen LogP contribution in [-0.4, -0.2) is 44.0 Å². The van der Waals surface area contributed by atoms with Crippen LogP contribution in [0.2, 0.25) is 0 Å². The monoisotopic (exact) mass is 288 g/mol. The molecule has 4 nitrogen and oxygen atoms in total. The van der Waals surface area contributed by atoms with E-state index >= 15 is 0 Å². The fourth-order valence-electron chi connectivity index (χ4n) is 2.69. The maximum Gasteiger partial charge on any atom is 0.408 e. The quantitative estimate of drug-likeness (QED) is 0.901. The zero-order valence-electron chi connectivity index (χ0n) is 10.7. The second-order valence-corrected chi connectivity index (χ2v) is 4.81. The summed E-state index contributed by atoms with van der Waals surface area (Å²) < 4.78 is 50.9. The number of ether oxygens (including phenoxy) is 2. The van der Waals surface area contributed by atoms with E-state index < -0.39 is 12.2 Å². The molecule has 110 valence electrons. The first-order valence-corrected chi connectivity index (χ1v) is 6.47. The Bertz CT molecular complexity index is 487. The fraction of sp³-hybridized carbons (Fsp3) is 0.538. The lowest BCUT2D eigenvalue weighted by Crippen LogP contribution is -2.49. The molecule has 0 bridgehead atoms. The predicted octanol–water partition coefficient (Wildman–Crippen LogP) is 1.92. The molecule has 2 heterocycles. The van der Waals surface area contributed by atoms with Crippen molar-refractivity contribution in [1.29, 1.82) is 0 Å². The van der Waals surface area contributed by atoms with Crippen LogP contribution in [0.25, 0.3) is 0 Å². The van der Waals surface area contributed by atoms with Crippen molar-refractivity contribution >= 4 is 0 Å². The van der Waals surface area contributed by atoms with Gasteiger partial charge in [-0.2, -0.15) is 13.2 Å². The van der Waals surface area contributed by atoms with Crippen molar-refractivity contribution in [3.05, 3.63) is 23.8 Å². The van der Waals surface area contributed by atoms with Gasteiger partial charge in [-0.15, -0.1) is 0 Å². The highest BCUT2D eigenvalue weighted by atomic mass is 19.4. The lowest BCUT2D eigenvalue weighted by Gasteiger charge is -2.36. The lowest BCUT2D eigenvalue weighted by atomic mass is 10.0. The number of fused-ring (bicyclic) bond motifs is 1. The molecule has 0 unspecified atom stereocenters. The van der Waals surface area contributed by atoms with E-state index in [2.05, 4.69) is 5.32 Å². The Morgan fingerprint density at radius 1 is 1.15 bits per heavy atom. The highest BCUT2D eigenvalue weighted by Gasteiger charge is 2.47. The molecule has 1 aromatic rings. The molecule has 1 N–H and O–H groups in total. The smallest absolute Gasteiger partial charge is 0.408 e. The summed E-state index contributed by atoms with van der Waals surface area (Å²) in [7, 11) is 0. The van der Waals surface area contributed by atoms with E-state index in [-0.39, 0.29) is 18.1 Å². The second-order valence-electron chi connectivity index (χ2n) is 4.81. The van der Waals surface area contributed by atoms with E-state index in [0.717, 1.165) is 0 Å². The summed E-state index contributed by atoms with van der Waals surface area (Å²) in [6.07, 6.45) is -4.35. The second kappa shape index (κ2) is 5.14. The molecular weight excluding hydrogens is 273 g/mol. The van der Waals surface area contributed by atoms with Gasteiger partial charge < -0.3 is 14.8 Å². The molecule has 0 saturated carbocycles. The van der Waals surface area contributed by atoms with Crippen LogP contribution in [0.15, 0.2) is 18.2 Å². The summed E-state index contributed by atoms with van der Waals surface area (Å²) in [6, 6.07) is 3.01. The summed E-state index contributed by atoms with van der Waals surface area (Å²) in [5.41, 5.74) is 0.134. The van der Waals surface area contributed by atoms with Crippen LogP contribution >= 0.6 is 0 Å². The molecule has 2 aliphatic heterocycles. The highest BCUT2D eigenvalue weighted by Crippen LogP contribution is 2.46. The Kier molecular flexibility index (Phi) is 3.47. The van der Waals surface area contributed by atoms with Crippen LogP contribution in [0, 0.1) is 0 Å². The Hall–Kier alpha value is -1.47. The Morgan fingerprint density at radius 2 is 1.90 bits per heavy atom. The number of hydrogen-bond donors (Lipinski definition) is 1. The van der Waals surface area contributed by atoms with Gasteiger partial charge in [-0.1, -0.05) is 12.1 Å². The zero-order valence-corrected chi connectivity index (χ0v) is 10.7. The van der Waals surface area contributed by atoms with E-state index in [1.165, 1.54) is 11.0 Å². The molecule has 20 heavy (non-hydrogen) atoms. The van der Waals surface area contributed by atoms with Crippen LogP contribution in [0.3, 0.4) is 0 Å². The number of alkyl halides is 3. The first-order valence-electron chi connectivity index (χ1n) is 6.47. The third kappa shape index (κ3) is 2.43. The normalized spacial score (nSPS) is 20.9. The molecule has 1 saturated heterocycles. The maximum atomic E-state index is 13.5. The Labute approximate surface area is 114 Å². The van der Waals surface area contributed by atoms with Gasteiger partial charge >= 0.3 is 6.18 Å². The Morgan fingerprint density at radius 3 is 2.60 bits per heavy atom. The van der Waals surface area contributed by atoms with Gasteiger partial charge in [0.05, 0.1) is 0 Å². The van der Waals surface area contributed by atoms with Crippen molar-refractivity contribution in [3.8, 4) is 11.5 Å². The van der Waals surface area contributed by atoms with Crippen LogP contribution in [-0.2, 0) is 0 Å². The third-order valence-electron chi connectivity index (χ3n) is 3.55. The molecule has 1 aromatic carbocycles. The minimum atomic E-state index is -4.35. The van der Waals surface area contributed by atoms with E-state index in [0.29, 0.717) is 31.9 Å². The summed E-state index contributed by atoms with van der Waals surface area (Å²) in [4.78, 5) is 1.44. The standard InChI is InChI=1S/C13H15F3N2O2/c14-13(15,16)12(18-6-4-17-5-7-18)9-2-1-3-10-11(9)20-8-19-10/h1-3,12,17H,4-8H2/t12-/m0/s1. The molecule has 7 heteroatoms. The van der Waals surface area contributed by atoms with E-state index in [9.17, 15) is 13.2 Å². The van der Waals surface area contributed by atoms with Crippen molar-refractivity contribution in [2.24, 2.45) is 0 Å². The fourth-order valence-corrected chi connectivity index (χ4v) is 2.69. The molecule has 0 aromatic heterocycles. The molecule has 0 spiro atoms. The third-order valence-corrected chi connectivity index (χ3v) is 3.55. The van der Waals surface area contributed by atoms with Crippen LogP contribution in [0.4, 0.5) is 13.2 Å². The van der Waals surface area contributed by atoms with Gasteiger partial charge in [0, 0.05) is 31.7 Å². The number of rotatable bonds is 2. The number of nitrogens with one attached hydrogen (secondary N) is 1. The van der Waals surface area contributed by atoms with Crippen molar-refractivity contribution in [3.63, 3.8) is 0 Å². The summed E-state index contributed by atoms with van der Waals surface area (Å²) in [5.74, 6) is 0.597. The van der Waals surface area contributed by atoms with Crippen molar-refractivity contribution in [1.82, 2.24) is 10.2 Å². The summed E-state index contributed by atoms with van der Waals surface area (Å²) in [5, 5.41) is 3.06. The molecule has 1 fully saturated rings. The molecule has 1 atom stereocenters. The first kappa shape index (κ1) is 13.5. The molecule has 0 amide bonds. The van der Waals surface area contributed by atoms with Crippen molar-refractivity contribution in [2.45, 2.75) is 12.2 Å². The van der Waals surface area contributed by atoms with Gasteiger partial charge in [-0.05, 0) is 6.07 Å². The molecule has 3 rings (SSSR count). The van der Waals surface area contributed by atoms with E-state index in [4.69, 9.17) is 9.47 Å². The number of nitrogens with zero attached hydrogens (tertiary/aromatic N) is 1. The average molecular weight is 288 g/mol. The van der Waals surface area contributed by atoms with Crippen molar-refractivity contribution in [2.75, 3.05) is 33.0 Å². The number of para-hydroxylation sites is 1. The largest absolute Gasteiger partial charge is 0.454 e. The van der Waals surface area contributed by atoms with E-state index in [1.54, 1.807) is 12.1 Å². The lowest BCUT2D eigenvalue weighted by molar-refractivity contribution is -0.188. The van der Waals surface area contributed by atoms with Gasteiger partial charge in [0.2, 0.25) is 6.79 Å². The maximum absolute atomic E-state index is 13.5. The van der Waals surface area contributed by atoms with Gasteiger partial charge in [0.25, 0.3) is 0 Å². The van der Waals surface area contributed by atoms with Gasteiger partial charge in [0.1, 0.15) is 6.04 Å². The van der Waals surface area contributed by atoms with Gasteiger partial charge in [0.15, 0.2) is 11.5 Å². The SMILES string of the molecule is FC(F)(F)[C@H](c1cccc2c1OCO2)N1CCNCC1. The van der Waals surface area contributed by atoms with Crippen LogP contribution < -0.4 is 14.8 Å². The zero-order chi connectivity index (χ0) is 14.2. The van der Waals surface area contributed by atoms with Gasteiger partial charge in [-0.3, -0.25) is 4.90 Å². The highest BCUT2D eigenvalue weighted by molar-refractivity contribution is 5.50. The van der Waals surface area contributed by atoms with Gasteiger partial charge in [-0.25, -0.2) is 0 Å². The first-order chi connectivity index (χ1) is 9.57. The molecule has 0 aliphatic carbocycles. The number of halogens is 3. The topological polar surface area (TPSA) is 33.7 Å². The Balaban J connectivity index is 1.99. The number of piperazine rings is 1. The van der Waals surface area contributed by atoms with E-state index in [1.807, 2.05) is 0 Å². The summed E-state index contributed by atoms with van der Waals surface area (Å²) >= 11 is 0. The number of benzene rings is 1. The molecule has 2 aliphatic rings. The minimum absolute atomic E-state index is 0.0293. The summed E-state index contributed by atoms with van der Waals surface area (Å²) in [6.45, 7) is 1.79. The number of hydrogen-bond acceptors (Lipinski definition) is 4.